The van der Waals surface area contributed by atoms with Crippen molar-refractivity contribution in [3.8, 4) is 5.69 Å². The number of aromatic nitrogens is 4. The largest absolute Gasteiger partial charge is 0.337 e. The summed E-state index contributed by atoms with van der Waals surface area (Å²) in [6, 6.07) is 7.07. The highest BCUT2D eigenvalue weighted by Gasteiger charge is 2.11. The van der Waals surface area contributed by atoms with Gasteiger partial charge in [-0.15, -0.1) is 11.3 Å². The van der Waals surface area contributed by atoms with Gasteiger partial charge in [0.1, 0.15) is 0 Å². The minimum atomic E-state index is -0.236. The fraction of sp³-hybridized carbons (Fsp3) is 0.250. The summed E-state index contributed by atoms with van der Waals surface area (Å²) in [4.78, 5) is 18.0. The molecule has 0 spiro atoms. The van der Waals surface area contributed by atoms with Crippen LogP contribution in [0.2, 0.25) is 0 Å². The van der Waals surface area contributed by atoms with Gasteiger partial charge < -0.3 is 10.6 Å². The van der Waals surface area contributed by atoms with E-state index in [1.165, 1.54) is 4.80 Å². The molecule has 2 N–H and O–H groups in total. The van der Waals surface area contributed by atoms with Crippen LogP contribution in [0.25, 0.3) is 5.69 Å². The lowest BCUT2D eigenvalue weighted by atomic mass is 10.2. The average Bonchev–Trinajstić information content (AvgIpc) is 3.25. The number of amides is 2. The van der Waals surface area contributed by atoms with Crippen molar-refractivity contribution < 1.29 is 4.79 Å². The van der Waals surface area contributed by atoms with Crippen molar-refractivity contribution in [2.45, 2.75) is 19.8 Å². The normalized spacial score (nSPS) is 11.9. The van der Waals surface area contributed by atoms with E-state index in [-0.39, 0.29) is 11.9 Å². The summed E-state index contributed by atoms with van der Waals surface area (Å²) in [5.41, 5.74) is 2.55. The predicted octanol–water partition coefficient (Wildman–Crippen LogP) is 2.96. The zero-order chi connectivity index (χ0) is 16.9. The smallest absolute Gasteiger partial charge is 0.319 e. The van der Waals surface area contributed by atoms with E-state index in [0.717, 1.165) is 16.4 Å². The Morgan fingerprint density at radius 1 is 1.25 bits per heavy atom. The van der Waals surface area contributed by atoms with Gasteiger partial charge in [-0.05, 0) is 31.2 Å². The highest BCUT2D eigenvalue weighted by atomic mass is 32.1. The van der Waals surface area contributed by atoms with Crippen molar-refractivity contribution in [1.29, 1.82) is 0 Å². The summed E-state index contributed by atoms with van der Waals surface area (Å²) in [7, 11) is 0. The van der Waals surface area contributed by atoms with Gasteiger partial charge in [0.25, 0.3) is 0 Å². The number of anilines is 1. The van der Waals surface area contributed by atoms with E-state index in [9.17, 15) is 4.79 Å². The van der Waals surface area contributed by atoms with Crippen LogP contribution in [-0.4, -0.2) is 32.6 Å². The van der Waals surface area contributed by atoms with Crippen LogP contribution in [0.3, 0.4) is 0 Å². The van der Waals surface area contributed by atoms with E-state index in [0.29, 0.717) is 12.2 Å². The number of nitrogens with zero attached hydrogens (tertiary/aromatic N) is 4. The maximum atomic E-state index is 12.0. The zero-order valence-electron chi connectivity index (χ0n) is 13.4. The van der Waals surface area contributed by atoms with Gasteiger partial charge in [-0.1, -0.05) is 6.92 Å². The second-order valence-corrected chi connectivity index (χ2v) is 6.32. The van der Waals surface area contributed by atoms with Crippen LogP contribution in [-0.2, 0) is 0 Å². The molecule has 2 heterocycles. The third-order valence-electron chi connectivity index (χ3n) is 3.40. The Hall–Kier alpha value is -2.74. The fourth-order valence-electron chi connectivity index (χ4n) is 2.13. The first kappa shape index (κ1) is 16.1. The van der Waals surface area contributed by atoms with E-state index >= 15 is 0 Å². The van der Waals surface area contributed by atoms with Crippen LogP contribution in [0.5, 0.6) is 0 Å². The number of nitrogens with one attached hydrogen (secondary N) is 2. The number of urea groups is 1. The van der Waals surface area contributed by atoms with Crippen molar-refractivity contribution >= 4 is 23.1 Å². The SMILES string of the molecule is Cc1csc(C(C)CNC(=O)Nc2ccc(-n3nccn3)cc2)n1. The third kappa shape index (κ3) is 3.96. The van der Waals surface area contributed by atoms with Crippen molar-refractivity contribution in [3.05, 3.63) is 52.7 Å². The van der Waals surface area contributed by atoms with E-state index < -0.39 is 0 Å². The van der Waals surface area contributed by atoms with Crippen LogP contribution in [0.15, 0.2) is 42.0 Å². The molecule has 1 aromatic carbocycles. The van der Waals surface area contributed by atoms with Crippen LogP contribution in [0, 0.1) is 6.92 Å². The number of benzene rings is 1. The van der Waals surface area contributed by atoms with E-state index in [1.54, 1.807) is 23.7 Å². The minimum Gasteiger partial charge on any atom is -0.337 e. The van der Waals surface area contributed by atoms with Crippen LogP contribution in [0.1, 0.15) is 23.5 Å². The second kappa shape index (κ2) is 7.22. The lowest BCUT2D eigenvalue weighted by molar-refractivity contribution is 0.251. The topological polar surface area (TPSA) is 84.7 Å². The highest BCUT2D eigenvalue weighted by Crippen LogP contribution is 2.19. The second-order valence-electron chi connectivity index (χ2n) is 5.43. The van der Waals surface area contributed by atoms with Crippen molar-refractivity contribution in [1.82, 2.24) is 25.3 Å². The minimum absolute atomic E-state index is 0.183. The molecule has 0 aliphatic carbocycles. The predicted molar refractivity (Wildman–Crippen MR) is 93.6 cm³/mol. The van der Waals surface area contributed by atoms with Crippen molar-refractivity contribution in [3.63, 3.8) is 0 Å². The van der Waals surface area contributed by atoms with Crippen LogP contribution < -0.4 is 10.6 Å². The van der Waals surface area contributed by atoms with Gasteiger partial charge in [0.05, 0.1) is 23.1 Å². The number of carbonyl (C=O) groups is 1. The summed E-state index contributed by atoms with van der Waals surface area (Å²) in [5, 5.41) is 16.8. The Kier molecular flexibility index (Phi) is 4.85. The molecule has 2 aromatic heterocycles. The molecule has 3 aromatic rings. The van der Waals surface area contributed by atoms with Gasteiger partial charge in [-0.2, -0.15) is 15.0 Å². The van der Waals surface area contributed by atoms with Gasteiger partial charge in [0, 0.05) is 29.2 Å². The summed E-state index contributed by atoms with van der Waals surface area (Å²) < 4.78 is 0. The molecule has 0 saturated carbocycles. The number of carbonyl (C=O) groups excluding carboxylic acids is 1. The molecule has 2 amide bonds. The maximum absolute atomic E-state index is 12.0. The molecule has 1 atom stereocenters. The molecule has 24 heavy (non-hydrogen) atoms. The number of hydrogen-bond acceptors (Lipinski definition) is 5. The first-order valence-corrected chi connectivity index (χ1v) is 8.43. The third-order valence-corrected chi connectivity index (χ3v) is 4.60. The van der Waals surface area contributed by atoms with E-state index in [4.69, 9.17) is 0 Å². The summed E-state index contributed by atoms with van der Waals surface area (Å²) in [6.07, 6.45) is 3.23. The summed E-state index contributed by atoms with van der Waals surface area (Å²) in [5.74, 6) is 0.183. The van der Waals surface area contributed by atoms with Gasteiger partial charge in [0.2, 0.25) is 0 Å². The monoisotopic (exact) mass is 342 g/mol. The van der Waals surface area contributed by atoms with Crippen LogP contribution >= 0.6 is 11.3 Å². The standard InChI is InChI=1S/C16H18N6OS/c1-11(15-20-12(2)10-24-15)9-17-16(23)21-13-3-5-14(6-4-13)22-18-7-8-19-22/h3-8,10-11H,9H2,1-2H3,(H2,17,21,23). The van der Waals surface area contributed by atoms with Gasteiger partial charge in [-0.3, -0.25) is 0 Å². The van der Waals surface area contributed by atoms with E-state index in [2.05, 4.69) is 25.8 Å². The number of hydrogen-bond donors (Lipinski definition) is 2. The average molecular weight is 342 g/mol. The van der Waals surface area contributed by atoms with Gasteiger partial charge in [0.15, 0.2) is 0 Å². The number of rotatable bonds is 5. The molecule has 0 bridgehead atoms. The maximum Gasteiger partial charge on any atom is 0.319 e. The molecule has 7 nitrogen and oxygen atoms in total. The van der Waals surface area contributed by atoms with Gasteiger partial charge >= 0.3 is 6.03 Å². The molecular formula is C16H18N6OS. The molecule has 0 fully saturated rings. The molecule has 0 aliphatic heterocycles. The zero-order valence-corrected chi connectivity index (χ0v) is 14.2. The highest BCUT2D eigenvalue weighted by molar-refractivity contribution is 7.09. The Bertz CT molecular complexity index is 796. The number of thiazole rings is 1. The van der Waals surface area contributed by atoms with Crippen LogP contribution in [0.4, 0.5) is 10.5 Å². The molecule has 0 radical (unpaired) electrons. The molecular weight excluding hydrogens is 324 g/mol. The summed E-state index contributed by atoms with van der Waals surface area (Å²) in [6.45, 7) is 4.55. The first-order valence-electron chi connectivity index (χ1n) is 7.55. The quantitative estimate of drug-likeness (QED) is 0.746. The molecule has 3 rings (SSSR count). The Labute approximate surface area is 143 Å². The van der Waals surface area contributed by atoms with Crippen molar-refractivity contribution in [2.75, 3.05) is 11.9 Å². The Morgan fingerprint density at radius 3 is 2.58 bits per heavy atom. The molecule has 1 unspecified atom stereocenters. The fourth-order valence-corrected chi connectivity index (χ4v) is 2.99. The first-order chi connectivity index (χ1) is 11.6. The molecule has 0 aliphatic rings. The van der Waals surface area contributed by atoms with E-state index in [1.807, 2.05) is 43.5 Å². The van der Waals surface area contributed by atoms with Crippen molar-refractivity contribution in [2.24, 2.45) is 0 Å². The molecule has 0 saturated heterocycles. The summed E-state index contributed by atoms with van der Waals surface area (Å²) >= 11 is 1.62. The molecule has 8 heteroatoms. The van der Waals surface area contributed by atoms with Gasteiger partial charge in [-0.25, -0.2) is 9.78 Å². The lowest BCUT2D eigenvalue weighted by Crippen LogP contribution is -2.31. The Morgan fingerprint density at radius 2 is 1.96 bits per heavy atom. The Balaban J connectivity index is 1.51. The molecule has 124 valence electrons. The number of aryl methyl sites for hydroxylation is 1. The lowest BCUT2D eigenvalue weighted by Gasteiger charge is -2.11.